The molecule has 2 amide bonds. The van der Waals surface area contributed by atoms with Crippen molar-refractivity contribution >= 4 is 21.7 Å². The van der Waals surface area contributed by atoms with E-state index in [9.17, 15) is 18.0 Å². The van der Waals surface area contributed by atoms with Gasteiger partial charge >= 0.3 is 0 Å². The number of amides is 2. The summed E-state index contributed by atoms with van der Waals surface area (Å²) in [6, 6.07) is 0. The van der Waals surface area contributed by atoms with E-state index in [4.69, 9.17) is 9.47 Å². The van der Waals surface area contributed by atoms with Gasteiger partial charge in [-0.3, -0.25) is 9.59 Å². The lowest BCUT2D eigenvalue weighted by Gasteiger charge is -2.17. The SMILES string of the molecule is COCCNC(=O)CC1CS(=O)(=O)CC1CC(=O)NCCOC. The summed E-state index contributed by atoms with van der Waals surface area (Å²) in [5, 5.41) is 5.36. The van der Waals surface area contributed by atoms with Gasteiger partial charge in [0.15, 0.2) is 9.84 Å². The molecule has 0 spiro atoms. The zero-order valence-corrected chi connectivity index (χ0v) is 14.5. The fourth-order valence-corrected chi connectivity index (χ4v) is 4.87. The van der Waals surface area contributed by atoms with E-state index in [1.165, 1.54) is 14.2 Å². The molecule has 0 aromatic carbocycles. The summed E-state index contributed by atoms with van der Waals surface area (Å²) in [5.41, 5.74) is 0. The van der Waals surface area contributed by atoms with Crippen molar-refractivity contribution in [3.05, 3.63) is 0 Å². The molecule has 1 heterocycles. The summed E-state index contributed by atoms with van der Waals surface area (Å²) < 4.78 is 33.3. The van der Waals surface area contributed by atoms with Crippen LogP contribution < -0.4 is 10.6 Å². The summed E-state index contributed by atoms with van der Waals surface area (Å²) in [4.78, 5) is 23.7. The van der Waals surface area contributed by atoms with Gasteiger partial charge in [-0.05, 0) is 11.8 Å². The number of hydrogen-bond donors (Lipinski definition) is 2. The molecule has 23 heavy (non-hydrogen) atoms. The van der Waals surface area contributed by atoms with E-state index >= 15 is 0 Å². The van der Waals surface area contributed by atoms with E-state index in [1.54, 1.807) is 0 Å². The Labute approximate surface area is 137 Å². The molecule has 0 aliphatic carbocycles. The Morgan fingerprint density at radius 1 is 0.913 bits per heavy atom. The topological polar surface area (TPSA) is 111 Å². The average Bonchev–Trinajstić information content (AvgIpc) is 2.73. The summed E-state index contributed by atoms with van der Waals surface area (Å²) >= 11 is 0. The van der Waals surface area contributed by atoms with Gasteiger partial charge in [-0.1, -0.05) is 0 Å². The standard InChI is InChI=1S/C14H26N2O6S/c1-21-5-3-15-13(17)7-11-9-23(19,20)10-12(11)8-14(18)16-4-6-22-2/h11-12H,3-10H2,1-2H3,(H,15,17)(H,16,18). The van der Waals surface area contributed by atoms with Crippen LogP contribution in [0.5, 0.6) is 0 Å². The van der Waals surface area contributed by atoms with E-state index in [-0.39, 0.29) is 48.0 Å². The third-order valence-corrected chi connectivity index (χ3v) is 5.63. The van der Waals surface area contributed by atoms with Crippen molar-refractivity contribution in [2.45, 2.75) is 12.8 Å². The molecule has 1 fully saturated rings. The van der Waals surface area contributed by atoms with E-state index in [1.807, 2.05) is 0 Å². The van der Waals surface area contributed by atoms with E-state index < -0.39 is 9.84 Å². The van der Waals surface area contributed by atoms with Crippen LogP contribution in [0.2, 0.25) is 0 Å². The molecule has 0 aromatic rings. The van der Waals surface area contributed by atoms with Crippen molar-refractivity contribution in [2.24, 2.45) is 11.8 Å². The lowest BCUT2D eigenvalue weighted by Crippen LogP contribution is -2.33. The monoisotopic (exact) mass is 350 g/mol. The van der Waals surface area contributed by atoms with Gasteiger partial charge < -0.3 is 20.1 Å². The zero-order chi connectivity index (χ0) is 17.3. The van der Waals surface area contributed by atoms with E-state index in [0.717, 1.165) is 0 Å². The molecule has 8 nitrogen and oxygen atoms in total. The zero-order valence-electron chi connectivity index (χ0n) is 13.7. The van der Waals surface area contributed by atoms with Crippen LogP contribution in [-0.2, 0) is 28.9 Å². The highest BCUT2D eigenvalue weighted by Crippen LogP contribution is 2.30. The highest BCUT2D eigenvalue weighted by Gasteiger charge is 2.39. The Kier molecular flexibility index (Phi) is 8.49. The quantitative estimate of drug-likeness (QED) is 0.487. The molecular weight excluding hydrogens is 324 g/mol. The molecule has 0 aromatic heterocycles. The molecule has 1 aliphatic rings. The first-order valence-electron chi connectivity index (χ1n) is 7.59. The molecule has 0 radical (unpaired) electrons. The van der Waals surface area contributed by atoms with Crippen LogP contribution in [0.25, 0.3) is 0 Å². The summed E-state index contributed by atoms with van der Waals surface area (Å²) in [7, 11) is -0.124. The number of rotatable bonds is 10. The number of carbonyl (C=O) groups excluding carboxylic acids is 2. The van der Waals surface area contributed by atoms with Gasteiger partial charge in [-0.25, -0.2) is 8.42 Å². The van der Waals surface area contributed by atoms with Crippen molar-refractivity contribution in [1.29, 1.82) is 0 Å². The smallest absolute Gasteiger partial charge is 0.220 e. The number of ether oxygens (including phenoxy) is 2. The second-order valence-electron chi connectivity index (χ2n) is 5.69. The van der Waals surface area contributed by atoms with Gasteiger partial charge in [-0.2, -0.15) is 0 Å². The molecule has 2 atom stereocenters. The van der Waals surface area contributed by atoms with Crippen molar-refractivity contribution in [3.63, 3.8) is 0 Å². The van der Waals surface area contributed by atoms with Crippen molar-refractivity contribution in [2.75, 3.05) is 52.0 Å². The molecule has 2 N–H and O–H groups in total. The molecule has 0 saturated carbocycles. The van der Waals surface area contributed by atoms with Gasteiger partial charge in [-0.15, -0.1) is 0 Å². The van der Waals surface area contributed by atoms with Gasteiger partial charge in [0.25, 0.3) is 0 Å². The maximum Gasteiger partial charge on any atom is 0.220 e. The number of carbonyl (C=O) groups is 2. The summed E-state index contributed by atoms with van der Waals surface area (Å²) in [5.74, 6) is -1.16. The van der Waals surface area contributed by atoms with Crippen LogP contribution in [-0.4, -0.2) is 72.3 Å². The van der Waals surface area contributed by atoms with Gasteiger partial charge in [0, 0.05) is 40.2 Å². The molecule has 1 aliphatic heterocycles. The Bertz CT molecular complexity index is 455. The Balaban J connectivity index is 2.50. The summed E-state index contributed by atoms with van der Waals surface area (Å²) in [6.07, 6.45) is 0.220. The molecule has 1 saturated heterocycles. The minimum atomic E-state index is -3.20. The largest absolute Gasteiger partial charge is 0.383 e. The van der Waals surface area contributed by atoms with Crippen LogP contribution in [0.1, 0.15) is 12.8 Å². The highest BCUT2D eigenvalue weighted by atomic mass is 32.2. The number of hydrogen-bond acceptors (Lipinski definition) is 6. The van der Waals surface area contributed by atoms with Crippen LogP contribution in [0.4, 0.5) is 0 Å². The van der Waals surface area contributed by atoms with Crippen LogP contribution >= 0.6 is 0 Å². The van der Waals surface area contributed by atoms with Crippen molar-refractivity contribution < 1.29 is 27.5 Å². The maximum absolute atomic E-state index is 11.8. The Morgan fingerprint density at radius 3 is 1.65 bits per heavy atom. The molecule has 9 heteroatoms. The maximum atomic E-state index is 11.8. The highest BCUT2D eigenvalue weighted by molar-refractivity contribution is 7.91. The molecule has 2 unspecified atom stereocenters. The van der Waals surface area contributed by atoms with Crippen LogP contribution in [0.3, 0.4) is 0 Å². The lowest BCUT2D eigenvalue weighted by molar-refractivity contribution is -0.124. The summed E-state index contributed by atoms with van der Waals surface area (Å²) in [6.45, 7) is 1.58. The number of methoxy groups -OCH3 is 2. The first-order chi connectivity index (χ1) is 10.9. The van der Waals surface area contributed by atoms with E-state index in [0.29, 0.717) is 26.3 Å². The molecule has 134 valence electrons. The second-order valence-corrected chi connectivity index (χ2v) is 7.84. The molecule has 1 rings (SSSR count). The predicted octanol–water partition coefficient (Wildman–Crippen LogP) is -1.05. The normalized spacial score (nSPS) is 22.7. The van der Waals surface area contributed by atoms with Gasteiger partial charge in [0.05, 0.1) is 24.7 Å². The van der Waals surface area contributed by atoms with Crippen molar-refractivity contribution in [1.82, 2.24) is 10.6 Å². The fraction of sp³-hybridized carbons (Fsp3) is 0.857. The third-order valence-electron chi connectivity index (χ3n) is 3.75. The Morgan fingerprint density at radius 2 is 1.30 bits per heavy atom. The minimum Gasteiger partial charge on any atom is -0.383 e. The van der Waals surface area contributed by atoms with E-state index in [2.05, 4.69) is 10.6 Å². The average molecular weight is 350 g/mol. The van der Waals surface area contributed by atoms with Gasteiger partial charge in [0.1, 0.15) is 0 Å². The van der Waals surface area contributed by atoms with Gasteiger partial charge in [0.2, 0.25) is 11.8 Å². The molecular formula is C14H26N2O6S. The molecule has 0 bridgehead atoms. The predicted molar refractivity (Wildman–Crippen MR) is 84.6 cm³/mol. The third kappa shape index (κ3) is 7.76. The first kappa shape index (κ1) is 19.9. The number of sulfone groups is 1. The fourth-order valence-electron chi connectivity index (χ4n) is 2.65. The minimum absolute atomic E-state index is 0.0410. The lowest BCUT2D eigenvalue weighted by atomic mass is 9.89. The second kappa shape index (κ2) is 9.84. The number of nitrogens with one attached hydrogen (secondary N) is 2. The Hall–Kier alpha value is -1.19. The van der Waals surface area contributed by atoms with Crippen LogP contribution in [0.15, 0.2) is 0 Å². The first-order valence-corrected chi connectivity index (χ1v) is 9.41. The van der Waals surface area contributed by atoms with Crippen LogP contribution in [0, 0.1) is 11.8 Å². The van der Waals surface area contributed by atoms with Crippen molar-refractivity contribution in [3.8, 4) is 0 Å².